The largest absolute Gasteiger partial charge is 0.433 e. The quantitative estimate of drug-likeness (QED) is 0.926. The van der Waals surface area contributed by atoms with Gasteiger partial charge in [-0.3, -0.25) is 0 Å². The molecule has 1 N–H and O–H groups in total. The Hall–Kier alpha value is -1.30. The summed E-state index contributed by atoms with van der Waals surface area (Å²) < 4.78 is 38.1. The standard InChI is InChI=1S/C15H20F3N3/c16-15(17,18)13-2-1-3-14(20-13)21-8-6-12(7-9-21)19-10-11-4-5-11/h1-3,11-12,19H,4-10H2. The summed E-state index contributed by atoms with van der Waals surface area (Å²) in [6.07, 6.45) is 0.218. The van der Waals surface area contributed by atoms with Crippen LogP contribution in [0.5, 0.6) is 0 Å². The van der Waals surface area contributed by atoms with Crippen molar-refractivity contribution in [3.8, 4) is 0 Å². The molecule has 1 saturated carbocycles. The van der Waals surface area contributed by atoms with Gasteiger partial charge in [-0.2, -0.15) is 13.2 Å². The molecule has 0 aromatic carbocycles. The van der Waals surface area contributed by atoms with Crippen LogP contribution in [0, 0.1) is 5.92 Å². The maximum absolute atomic E-state index is 12.7. The van der Waals surface area contributed by atoms with Crippen molar-refractivity contribution in [2.75, 3.05) is 24.5 Å². The van der Waals surface area contributed by atoms with E-state index >= 15 is 0 Å². The minimum absolute atomic E-state index is 0.436. The van der Waals surface area contributed by atoms with E-state index in [1.54, 1.807) is 6.07 Å². The molecule has 1 aromatic rings. The van der Waals surface area contributed by atoms with Gasteiger partial charge in [0.25, 0.3) is 0 Å². The molecule has 1 aliphatic carbocycles. The molecular formula is C15H20F3N3. The summed E-state index contributed by atoms with van der Waals surface area (Å²) in [6, 6.07) is 4.61. The van der Waals surface area contributed by atoms with Gasteiger partial charge in [0, 0.05) is 19.1 Å². The maximum atomic E-state index is 12.7. The minimum atomic E-state index is -4.37. The highest BCUT2D eigenvalue weighted by Crippen LogP contribution is 2.30. The van der Waals surface area contributed by atoms with E-state index in [9.17, 15) is 13.2 Å². The molecule has 2 aliphatic rings. The van der Waals surface area contributed by atoms with Gasteiger partial charge < -0.3 is 10.2 Å². The van der Waals surface area contributed by atoms with E-state index < -0.39 is 11.9 Å². The van der Waals surface area contributed by atoms with Gasteiger partial charge in [0.05, 0.1) is 0 Å². The first-order valence-electron chi connectivity index (χ1n) is 7.55. The molecule has 1 aromatic heterocycles. The van der Waals surface area contributed by atoms with E-state index in [4.69, 9.17) is 0 Å². The number of nitrogens with zero attached hydrogens (tertiary/aromatic N) is 2. The van der Waals surface area contributed by atoms with Gasteiger partial charge in [-0.1, -0.05) is 6.07 Å². The predicted octanol–water partition coefficient (Wildman–Crippen LogP) is 3.07. The van der Waals surface area contributed by atoms with Crippen molar-refractivity contribution in [3.63, 3.8) is 0 Å². The number of piperidine rings is 1. The van der Waals surface area contributed by atoms with Crippen LogP contribution in [-0.2, 0) is 6.18 Å². The summed E-state index contributed by atoms with van der Waals surface area (Å²) in [5.41, 5.74) is -0.811. The summed E-state index contributed by atoms with van der Waals surface area (Å²) in [6.45, 7) is 2.61. The zero-order valence-corrected chi connectivity index (χ0v) is 11.9. The highest BCUT2D eigenvalue weighted by molar-refractivity contribution is 5.40. The summed E-state index contributed by atoms with van der Waals surface area (Å²) in [7, 11) is 0. The number of hydrogen-bond acceptors (Lipinski definition) is 3. The van der Waals surface area contributed by atoms with Crippen LogP contribution >= 0.6 is 0 Å². The topological polar surface area (TPSA) is 28.2 Å². The van der Waals surface area contributed by atoms with E-state index in [2.05, 4.69) is 10.3 Å². The molecule has 21 heavy (non-hydrogen) atoms. The van der Waals surface area contributed by atoms with Crippen molar-refractivity contribution < 1.29 is 13.2 Å². The van der Waals surface area contributed by atoms with E-state index in [1.165, 1.54) is 18.9 Å². The van der Waals surface area contributed by atoms with E-state index in [-0.39, 0.29) is 0 Å². The Kier molecular flexibility index (Phi) is 4.06. The number of anilines is 1. The average Bonchev–Trinajstić information content (AvgIpc) is 3.29. The first-order chi connectivity index (χ1) is 10.0. The molecule has 2 heterocycles. The van der Waals surface area contributed by atoms with Crippen LogP contribution in [0.25, 0.3) is 0 Å². The van der Waals surface area contributed by atoms with Crippen LogP contribution in [0.1, 0.15) is 31.4 Å². The van der Waals surface area contributed by atoms with Crippen molar-refractivity contribution >= 4 is 5.82 Å². The lowest BCUT2D eigenvalue weighted by atomic mass is 10.0. The van der Waals surface area contributed by atoms with Gasteiger partial charge in [-0.25, -0.2) is 4.98 Å². The Balaban J connectivity index is 1.56. The minimum Gasteiger partial charge on any atom is -0.356 e. The second-order valence-electron chi connectivity index (χ2n) is 5.99. The number of rotatable bonds is 4. The summed E-state index contributed by atoms with van der Waals surface area (Å²) in [5.74, 6) is 1.29. The molecule has 6 heteroatoms. The highest BCUT2D eigenvalue weighted by Gasteiger charge is 2.33. The summed E-state index contributed by atoms with van der Waals surface area (Å²) in [4.78, 5) is 5.71. The van der Waals surface area contributed by atoms with E-state index in [1.807, 2.05) is 4.90 Å². The normalized spacial score (nSPS) is 20.8. The molecular weight excluding hydrogens is 279 g/mol. The van der Waals surface area contributed by atoms with Crippen LogP contribution in [0.4, 0.5) is 19.0 Å². The molecule has 2 fully saturated rings. The monoisotopic (exact) mass is 299 g/mol. The number of alkyl halides is 3. The Morgan fingerprint density at radius 2 is 1.86 bits per heavy atom. The first-order valence-corrected chi connectivity index (χ1v) is 7.55. The molecule has 0 unspecified atom stereocenters. The van der Waals surface area contributed by atoms with Crippen LogP contribution < -0.4 is 10.2 Å². The molecule has 0 radical (unpaired) electrons. The molecule has 116 valence electrons. The molecule has 1 aliphatic heterocycles. The highest BCUT2D eigenvalue weighted by atomic mass is 19.4. The molecule has 0 spiro atoms. The predicted molar refractivity (Wildman–Crippen MR) is 75.2 cm³/mol. The maximum Gasteiger partial charge on any atom is 0.433 e. The second-order valence-corrected chi connectivity index (χ2v) is 5.99. The number of nitrogens with one attached hydrogen (secondary N) is 1. The fourth-order valence-electron chi connectivity index (χ4n) is 2.73. The third-order valence-electron chi connectivity index (χ3n) is 4.24. The van der Waals surface area contributed by atoms with Gasteiger partial charge in [0.2, 0.25) is 0 Å². The molecule has 3 rings (SSSR count). The van der Waals surface area contributed by atoms with Gasteiger partial charge >= 0.3 is 6.18 Å². The molecule has 1 saturated heterocycles. The second kappa shape index (κ2) is 5.83. The summed E-state index contributed by atoms with van der Waals surface area (Å²) in [5, 5.41) is 3.56. The van der Waals surface area contributed by atoms with Crippen molar-refractivity contribution in [2.45, 2.75) is 37.9 Å². The van der Waals surface area contributed by atoms with Crippen molar-refractivity contribution in [3.05, 3.63) is 23.9 Å². The Labute approximate surface area is 122 Å². The zero-order chi connectivity index (χ0) is 14.9. The van der Waals surface area contributed by atoms with Gasteiger partial charge in [0.15, 0.2) is 0 Å². The summed E-state index contributed by atoms with van der Waals surface area (Å²) >= 11 is 0. The van der Waals surface area contributed by atoms with Crippen molar-refractivity contribution in [1.82, 2.24) is 10.3 Å². The van der Waals surface area contributed by atoms with Gasteiger partial charge in [-0.05, 0) is 50.3 Å². The molecule has 0 bridgehead atoms. The smallest absolute Gasteiger partial charge is 0.356 e. The van der Waals surface area contributed by atoms with Gasteiger partial charge in [-0.15, -0.1) is 0 Å². The lowest BCUT2D eigenvalue weighted by Crippen LogP contribution is -2.43. The first kappa shape index (κ1) is 14.6. The van der Waals surface area contributed by atoms with Crippen molar-refractivity contribution in [2.24, 2.45) is 5.92 Å². The number of hydrogen-bond donors (Lipinski definition) is 1. The fourth-order valence-corrected chi connectivity index (χ4v) is 2.73. The Morgan fingerprint density at radius 1 is 1.14 bits per heavy atom. The zero-order valence-electron chi connectivity index (χ0n) is 11.9. The Morgan fingerprint density at radius 3 is 2.48 bits per heavy atom. The lowest BCUT2D eigenvalue weighted by Gasteiger charge is -2.33. The van der Waals surface area contributed by atoms with E-state index in [0.29, 0.717) is 11.9 Å². The third kappa shape index (κ3) is 3.87. The molecule has 3 nitrogen and oxygen atoms in total. The van der Waals surface area contributed by atoms with Crippen LogP contribution in [0.3, 0.4) is 0 Å². The third-order valence-corrected chi connectivity index (χ3v) is 4.24. The number of aromatic nitrogens is 1. The average molecular weight is 299 g/mol. The van der Waals surface area contributed by atoms with Crippen LogP contribution in [0.2, 0.25) is 0 Å². The van der Waals surface area contributed by atoms with Crippen molar-refractivity contribution in [1.29, 1.82) is 0 Å². The molecule has 0 amide bonds. The number of pyridine rings is 1. The molecule has 0 atom stereocenters. The van der Waals surface area contributed by atoms with Crippen LogP contribution in [0.15, 0.2) is 18.2 Å². The van der Waals surface area contributed by atoms with E-state index in [0.717, 1.165) is 44.5 Å². The SMILES string of the molecule is FC(F)(F)c1cccc(N2CCC(NCC3CC3)CC2)n1. The Bertz CT molecular complexity index is 477. The lowest BCUT2D eigenvalue weighted by molar-refractivity contribution is -0.141. The fraction of sp³-hybridized carbons (Fsp3) is 0.667. The van der Waals surface area contributed by atoms with Crippen LogP contribution in [-0.4, -0.2) is 30.7 Å². The van der Waals surface area contributed by atoms with Gasteiger partial charge in [0.1, 0.15) is 11.5 Å². The number of halogens is 3.